The van der Waals surface area contributed by atoms with E-state index in [4.69, 9.17) is 5.73 Å². The van der Waals surface area contributed by atoms with Crippen molar-refractivity contribution in [1.82, 2.24) is 5.32 Å². The van der Waals surface area contributed by atoms with Gasteiger partial charge < -0.3 is 11.1 Å². The molecule has 1 atom stereocenters. The van der Waals surface area contributed by atoms with E-state index in [0.717, 1.165) is 19.5 Å². The molecule has 0 amide bonds. The van der Waals surface area contributed by atoms with E-state index < -0.39 is 0 Å². The molecule has 1 aliphatic rings. The summed E-state index contributed by atoms with van der Waals surface area (Å²) in [6, 6.07) is 0. The molecule has 15 heavy (non-hydrogen) atoms. The minimum absolute atomic E-state index is 0.179. The number of nitrogens with one attached hydrogen (secondary N) is 1. The van der Waals surface area contributed by atoms with Crippen LogP contribution in [-0.2, 0) is 0 Å². The van der Waals surface area contributed by atoms with Gasteiger partial charge in [-0.1, -0.05) is 13.8 Å². The largest absolute Gasteiger partial charge is 0.329 e. The molecule has 0 heterocycles. The van der Waals surface area contributed by atoms with E-state index in [-0.39, 0.29) is 5.54 Å². The Bertz CT molecular complexity index is 259. The van der Waals surface area contributed by atoms with E-state index >= 15 is 0 Å². The van der Waals surface area contributed by atoms with Crippen molar-refractivity contribution < 1.29 is 0 Å². The van der Waals surface area contributed by atoms with Crippen LogP contribution in [0.4, 0.5) is 0 Å². The van der Waals surface area contributed by atoms with Crippen LogP contribution in [0.5, 0.6) is 0 Å². The van der Waals surface area contributed by atoms with Gasteiger partial charge in [0.05, 0.1) is 0 Å². The van der Waals surface area contributed by atoms with Crippen molar-refractivity contribution in [3.63, 3.8) is 0 Å². The normalized spacial score (nSPS) is 28.5. The van der Waals surface area contributed by atoms with Gasteiger partial charge >= 0.3 is 0 Å². The molecule has 1 fully saturated rings. The third kappa shape index (κ3) is 3.52. The van der Waals surface area contributed by atoms with Crippen molar-refractivity contribution in [2.24, 2.45) is 11.1 Å². The van der Waals surface area contributed by atoms with Gasteiger partial charge in [-0.15, -0.1) is 11.8 Å². The minimum Gasteiger partial charge on any atom is -0.329 e. The number of hydrogen-bond donors (Lipinski definition) is 2. The van der Waals surface area contributed by atoms with Crippen LogP contribution in [0.25, 0.3) is 0 Å². The van der Waals surface area contributed by atoms with Crippen molar-refractivity contribution in [1.29, 1.82) is 0 Å². The highest BCUT2D eigenvalue weighted by molar-refractivity contribution is 5.02. The first-order chi connectivity index (χ1) is 7.04. The van der Waals surface area contributed by atoms with E-state index in [2.05, 4.69) is 31.0 Å². The zero-order valence-electron chi connectivity index (χ0n) is 10.3. The second-order valence-corrected chi connectivity index (χ2v) is 5.43. The summed E-state index contributed by atoms with van der Waals surface area (Å²) in [6.07, 6.45) is 4.60. The monoisotopic (exact) mass is 208 g/mol. The molecule has 0 aromatic rings. The topological polar surface area (TPSA) is 38.0 Å². The molecule has 86 valence electrons. The fourth-order valence-electron chi connectivity index (χ4n) is 2.58. The highest BCUT2D eigenvalue weighted by atomic mass is 15.0. The highest BCUT2D eigenvalue weighted by Crippen LogP contribution is 2.42. The maximum atomic E-state index is 5.91. The quantitative estimate of drug-likeness (QED) is 0.547. The van der Waals surface area contributed by atoms with Gasteiger partial charge in [-0.2, -0.15) is 0 Å². The molecular formula is C13H24N2. The van der Waals surface area contributed by atoms with Gasteiger partial charge in [0.15, 0.2) is 0 Å². The summed E-state index contributed by atoms with van der Waals surface area (Å²) in [5.74, 6) is 6.00. The Kier molecular flexibility index (Phi) is 4.19. The number of hydrogen-bond acceptors (Lipinski definition) is 2. The van der Waals surface area contributed by atoms with E-state index in [1.54, 1.807) is 0 Å². The van der Waals surface area contributed by atoms with Gasteiger partial charge in [-0.05, 0) is 31.6 Å². The molecule has 1 unspecified atom stereocenters. The van der Waals surface area contributed by atoms with Gasteiger partial charge in [0.25, 0.3) is 0 Å². The first-order valence-electron chi connectivity index (χ1n) is 5.88. The zero-order valence-corrected chi connectivity index (χ0v) is 10.3. The maximum Gasteiger partial charge on any atom is 0.0309 e. The van der Waals surface area contributed by atoms with Crippen LogP contribution in [0.3, 0.4) is 0 Å². The van der Waals surface area contributed by atoms with Crippen molar-refractivity contribution in [2.75, 3.05) is 13.1 Å². The average Bonchev–Trinajstić information content (AvgIpc) is 2.50. The third-order valence-electron chi connectivity index (χ3n) is 3.41. The number of nitrogens with two attached hydrogens (primary N) is 1. The summed E-state index contributed by atoms with van der Waals surface area (Å²) in [5, 5.41) is 3.61. The van der Waals surface area contributed by atoms with Crippen molar-refractivity contribution in [3.8, 4) is 11.8 Å². The minimum atomic E-state index is 0.179. The summed E-state index contributed by atoms with van der Waals surface area (Å²) in [6.45, 7) is 8.26. The second kappa shape index (κ2) is 5.01. The lowest BCUT2D eigenvalue weighted by Gasteiger charge is -2.30. The molecule has 3 N–H and O–H groups in total. The highest BCUT2D eigenvalue weighted by Gasteiger charge is 2.41. The van der Waals surface area contributed by atoms with Crippen LogP contribution < -0.4 is 11.1 Å². The van der Waals surface area contributed by atoms with E-state index in [0.29, 0.717) is 5.41 Å². The molecule has 0 bridgehead atoms. The van der Waals surface area contributed by atoms with Gasteiger partial charge in [-0.25, -0.2) is 0 Å². The molecule has 2 nitrogen and oxygen atoms in total. The molecule has 0 aliphatic heterocycles. The maximum absolute atomic E-state index is 5.91. The molecule has 1 rings (SSSR count). The van der Waals surface area contributed by atoms with E-state index in [9.17, 15) is 0 Å². The lowest BCUT2D eigenvalue weighted by molar-refractivity contribution is 0.293. The summed E-state index contributed by atoms with van der Waals surface area (Å²) >= 11 is 0. The molecule has 0 saturated heterocycles. The Morgan fingerprint density at radius 3 is 2.53 bits per heavy atom. The standard InChI is InChI=1S/C13H24N2/c1-4-5-6-9-15-13(11-14)8-7-12(2,3)10-13/h15H,6-11,14H2,1-3H3. The Morgan fingerprint density at radius 2 is 2.07 bits per heavy atom. The van der Waals surface area contributed by atoms with E-state index in [1.165, 1.54) is 19.3 Å². The summed E-state index contributed by atoms with van der Waals surface area (Å²) in [4.78, 5) is 0. The van der Waals surface area contributed by atoms with Crippen LogP contribution in [0.1, 0.15) is 46.5 Å². The van der Waals surface area contributed by atoms with Gasteiger partial charge in [0.2, 0.25) is 0 Å². The fourth-order valence-corrected chi connectivity index (χ4v) is 2.58. The average molecular weight is 208 g/mol. The predicted octanol–water partition coefficient (Wildman–Crippen LogP) is 1.90. The smallest absolute Gasteiger partial charge is 0.0309 e. The van der Waals surface area contributed by atoms with Crippen LogP contribution >= 0.6 is 0 Å². The third-order valence-corrected chi connectivity index (χ3v) is 3.41. The second-order valence-electron chi connectivity index (χ2n) is 5.43. The first kappa shape index (κ1) is 12.5. The number of rotatable bonds is 4. The van der Waals surface area contributed by atoms with E-state index in [1.807, 2.05) is 6.92 Å². The molecule has 1 aliphatic carbocycles. The Labute approximate surface area is 94.0 Å². The van der Waals surface area contributed by atoms with Gasteiger partial charge in [-0.3, -0.25) is 0 Å². The first-order valence-corrected chi connectivity index (χ1v) is 5.88. The molecule has 0 spiro atoms. The summed E-state index contributed by atoms with van der Waals surface area (Å²) in [7, 11) is 0. The summed E-state index contributed by atoms with van der Waals surface area (Å²) < 4.78 is 0. The predicted molar refractivity (Wildman–Crippen MR) is 65.5 cm³/mol. The fraction of sp³-hybridized carbons (Fsp3) is 0.846. The van der Waals surface area contributed by atoms with Gasteiger partial charge in [0.1, 0.15) is 0 Å². The Morgan fingerprint density at radius 1 is 1.33 bits per heavy atom. The Hall–Kier alpha value is -0.520. The Balaban J connectivity index is 2.44. The van der Waals surface area contributed by atoms with Crippen LogP contribution in [0.15, 0.2) is 0 Å². The van der Waals surface area contributed by atoms with Crippen molar-refractivity contribution in [3.05, 3.63) is 0 Å². The molecule has 2 heteroatoms. The van der Waals surface area contributed by atoms with Crippen LogP contribution in [-0.4, -0.2) is 18.6 Å². The van der Waals surface area contributed by atoms with Gasteiger partial charge in [0, 0.05) is 25.0 Å². The van der Waals surface area contributed by atoms with Crippen molar-refractivity contribution >= 4 is 0 Å². The molecule has 1 saturated carbocycles. The lowest BCUT2D eigenvalue weighted by Crippen LogP contribution is -2.50. The van der Waals surface area contributed by atoms with Crippen LogP contribution in [0, 0.1) is 17.3 Å². The SMILES string of the molecule is CC#CCCNC1(CN)CCC(C)(C)C1. The molecule has 0 aromatic heterocycles. The lowest BCUT2D eigenvalue weighted by atomic mass is 9.87. The molecular weight excluding hydrogens is 184 g/mol. The summed E-state index contributed by atoms with van der Waals surface area (Å²) in [5.41, 5.74) is 6.53. The molecule has 0 radical (unpaired) electrons. The zero-order chi connectivity index (χ0) is 11.4. The van der Waals surface area contributed by atoms with Crippen LogP contribution in [0.2, 0.25) is 0 Å². The molecule has 0 aromatic carbocycles. The van der Waals surface area contributed by atoms with Crippen molar-refractivity contribution in [2.45, 2.75) is 52.0 Å².